The molecule has 3 N–H and O–H groups in total. The quantitative estimate of drug-likeness (QED) is 0.248. The molecule has 1 aliphatic rings. The zero-order valence-electron chi connectivity index (χ0n) is 17.9. The van der Waals surface area contributed by atoms with E-state index in [0.29, 0.717) is 28.9 Å². The molecule has 0 bridgehead atoms. The van der Waals surface area contributed by atoms with Crippen LogP contribution in [0.5, 0.6) is 5.88 Å². The Bertz CT molecular complexity index is 1200. The Morgan fingerprint density at radius 2 is 2.00 bits per heavy atom. The van der Waals surface area contributed by atoms with Crippen molar-refractivity contribution in [1.82, 2.24) is 4.98 Å². The first-order valence-electron chi connectivity index (χ1n) is 9.33. The van der Waals surface area contributed by atoms with Crippen LogP contribution in [0.4, 0.5) is 17.1 Å². The van der Waals surface area contributed by atoms with Crippen LogP contribution in [-0.4, -0.2) is 37.3 Å². The van der Waals surface area contributed by atoms with Crippen molar-refractivity contribution >= 4 is 38.0 Å². The molecular formula is C20H21N4NaO5S. The van der Waals surface area contributed by atoms with Crippen LogP contribution in [0.1, 0.15) is 14.3 Å². The van der Waals surface area contributed by atoms with E-state index in [4.69, 9.17) is 15.2 Å². The molecule has 0 radical (unpaired) electrons. The summed E-state index contributed by atoms with van der Waals surface area (Å²) in [6.07, 6.45) is 3.59. The topological polar surface area (TPSA) is 136 Å². The van der Waals surface area contributed by atoms with Crippen LogP contribution < -0.4 is 40.0 Å². The van der Waals surface area contributed by atoms with E-state index in [2.05, 4.69) is 15.2 Å². The molecule has 4 rings (SSSR count). The number of anilines is 1. The molecule has 3 aromatic rings. The summed E-state index contributed by atoms with van der Waals surface area (Å²) >= 11 is 0. The summed E-state index contributed by atoms with van der Waals surface area (Å²) < 4.78 is 44.3. The van der Waals surface area contributed by atoms with Gasteiger partial charge in [-0.1, -0.05) is 24.3 Å². The standard InChI is InChI=1S/C20H20N4O5S.Na.H/c21-20-16-6-2-1-5-15(16)18(30(25,26)27)10-17(20)24-23-13-7-8-19(22-11-13)29-12-14-4-3-9-28-14;;/h1-2,5-8,10-11,14H,3-4,9,12,21H2,(H,25,26,27);;/q;+1;-1. The summed E-state index contributed by atoms with van der Waals surface area (Å²) in [5.41, 5.74) is 6.95. The van der Waals surface area contributed by atoms with Gasteiger partial charge in [-0.15, -0.1) is 10.2 Å². The average molecular weight is 452 g/mol. The molecule has 158 valence electrons. The molecule has 1 aliphatic heterocycles. The van der Waals surface area contributed by atoms with Gasteiger partial charge in [0.2, 0.25) is 5.88 Å². The fourth-order valence-corrected chi connectivity index (χ4v) is 3.95. The van der Waals surface area contributed by atoms with Gasteiger partial charge in [0.1, 0.15) is 22.9 Å². The summed E-state index contributed by atoms with van der Waals surface area (Å²) in [6.45, 7) is 1.21. The van der Waals surface area contributed by atoms with Crippen LogP contribution >= 0.6 is 0 Å². The average Bonchev–Trinajstić information content (AvgIpc) is 3.25. The summed E-state index contributed by atoms with van der Waals surface area (Å²) in [7, 11) is -4.47. The second kappa shape index (κ2) is 10.0. The molecule has 1 saturated heterocycles. The van der Waals surface area contributed by atoms with E-state index >= 15 is 0 Å². The minimum atomic E-state index is -4.47. The number of fused-ring (bicyclic) bond motifs is 1. The van der Waals surface area contributed by atoms with E-state index in [1.54, 1.807) is 36.4 Å². The Balaban J connectivity index is 0.00000181. The van der Waals surface area contributed by atoms with Crippen LogP contribution in [0.2, 0.25) is 0 Å². The molecule has 0 amide bonds. The maximum atomic E-state index is 11.8. The Labute approximate surface area is 203 Å². The Morgan fingerprint density at radius 3 is 2.65 bits per heavy atom. The number of aromatic nitrogens is 1. The molecule has 0 spiro atoms. The van der Waals surface area contributed by atoms with Crippen LogP contribution in [0.25, 0.3) is 10.8 Å². The third-order valence-corrected chi connectivity index (χ3v) is 5.63. The monoisotopic (exact) mass is 452 g/mol. The SMILES string of the molecule is Nc1c(N=Nc2ccc(OCC3CCCO3)nc2)cc(S(=O)(=O)O)c2ccccc12.[H-].[Na+]. The van der Waals surface area contributed by atoms with Gasteiger partial charge in [0, 0.05) is 23.4 Å². The fraction of sp³-hybridized carbons (Fsp3) is 0.250. The van der Waals surface area contributed by atoms with E-state index in [1.165, 1.54) is 12.3 Å². The second-order valence-corrected chi connectivity index (χ2v) is 8.22. The molecule has 0 aliphatic carbocycles. The summed E-state index contributed by atoms with van der Waals surface area (Å²) in [5, 5.41) is 8.90. The summed E-state index contributed by atoms with van der Waals surface area (Å²) in [4.78, 5) is 3.90. The van der Waals surface area contributed by atoms with E-state index in [-0.39, 0.29) is 53.4 Å². The van der Waals surface area contributed by atoms with Gasteiger partial charge in [-0.25, -0.2) is 4.98 Å². The maximum Gasteiger partial charge on any atom is 1.00 e. The van der Waals surface area contributed by atoms with Gasteiger partial charge < -0.3 is 16.6 Å². The normalized spacial score (nSPS) is 16.5. The smallest absolute Gasteiger partial charge is 1.00 e. The number of benzene rings is 2. The zero-order valence-corrected chi connectivity index (χ0v) is 19.7. The number of nitrogens with two attached hydrogens (primary N) is 1. The second-order valence-electron chi connectivity index (χ2n) is 6.83. The molecule has 2 aromatic carbocycles. The van der Waals surface area contributed by atoms with Crippen molar-refractivity contribution < 1.29 is 53.4 Å². The minimum Gasteiger partial charge on any atom is -1.00 e. The fourth-order valence-electron chi connectivity index (χ4n) is 3.23. The molecule has 1 aromatic heterocycles. The number of nitrogen functional groups attached to an aromatic ring is 1. The Hall–Kier alpha value is -2.08. The summed E-state index contributed by atoms with van der Waals surface area (Å²) in [5.74, 6) is 0.448. The number of hydrogen-bond acceptors (Lipinski definition) is 8. The van der Waals surface area contributed by atoms with Crippen LogP contribution in [0, 0.1) is 0 Å². The predicted molar refractivity (Wildman–Crippen MR) is 112 cm³/mol. The number of pyridine rings is 1. The van der Waals surface area contributed by atoms with Gasteiger partial charge in [0.25, 0.3) is 10.1 Å². The van der Waals surface area contributed by atoms with Crippen LogP contribution in [-0.2, 0) is 14.9 Å². The molecule has 31 heavy (non-hydrogen) atoms. The zero-order chi connectivity index (χ0) is 21.1. The summed E-state index contributed by atoms with van der Waals surface area (Å²) in [6, 6.07) is 11.1. The van der Waals surface area contributed by atoms with Crippen molar-refractivity contribution in [2.45, 2.75) is 23.8 Å². The van der Waals surface area contributed by atoms with E-state index < -0.39 is 10.1 Å². The molecule has 2 heterocycles. The largest absolute Gasteiger partial charge is 1.00 e. The van der Waals surface area contributed by atoms with Crippen molar-refractivity contribution in [3.63, 3.8) is 0 Å². The Morgan fingerprint density at radius 1 is 1.23 bits per heavy atom. The van der Waals surface area contributed by atoms with Gasteiger partial charge in [0.05, 0.1) is 18.0 Å². The molecule has 1 fully saturated rings. The van der Waals surface area contributed by atoms with E-state index in [9.17, 15) is 13.0 Å². The number of azo groups is 1. The van der Waals surface area contributed by atoms with Crippen molar-refractivity contribution in [2.24, 2.45) is 10.2 Å². The van der Waals surface area contributed by atoms with Crippen molar-refractivity contribution in [3.8, 4) is 5.88 Å². The first kappa shape index (κ1) is 23.6. The first-order valence-corrected chi connectivity index (χ1v) is 10.8. The van der Waals surface area contributed by atoms with Gasteiger partial charge in [-0.05, 0) is 25.0 Å². The molecule has 0 saturated carbocycles. The Kier molecular flexibility index (Phi) is 7.63. The van der Waals surface area contributed by atoms with Crippen molar-refractivity contribution in [1.29, 1.82) is 0 Å². The van der Waals surface area contributed by atoms with Gasteiger partial charge in [-0.3, -0.25) is 4.55 Å². The van der Waals surface area contributed by atoms with Crippen molar-refractivity contribution in [2.75, 3.05) is 18.9 Å². The van der Waals surface area contributed by atoms with E-state index in [1.807, 2.05) is 0 Å². The van der Waals surface area contributed by atoms with Crippen LogP contribution in [0.15, 0.2) is 63.8 Å². The van der Waals surface area contributed by atoms with Crippen LogP contribution in [0.3, 0.4) is 0 Å². The van der Waals surface area contributed by atoms with Crippen molar-refractivity contribution in [3.05, 3.63) is 48.7 Å². The van der Waals surface area contributed by atoms with Gasteiger partial charge in [-0.2, -0.15) is 8.42 Å². The molecule has 11 heteroatoms. The molecule has 9 nitrogen and oxygen atoms in total. The number of rotatable bonds is 6. The molecule has 1 atom stereocenters. The van der Waals surface area contributed by atoms with Gasteiger partial charge >= 0.3 is 29.6 Å². The van der Waals surface area contributed by atoms with Gasteiger partial charge in [0.15, 0.2) is 0 Å². The molecule has 1 unspecified atom stereocenters. The number of hydrogen-bond donors (Lipinski definition) is 2. The third-order valence-electron chi connectivity index (χ3n) is 4.74. The number of ether oxygens (including phenoxy) is 2. The van der Waals surface area contributed by atoms with E-state index in [0.717, 1.165) is 19.4 Å². The third kappa shape index (κ3) is 5.59. The predicted octanol–water partition coefficient (Wildman–Crippen LogP) is 1.15. The maximum absolute atomic E-state index is 11.8. The number of nitrogens with zero attached hydrogens (tertiary/aromatic N) is 3. The molecular weight excluding hydrogens is 431 g/mol. The minimum absolute atomic E-state index is 0. The first-order chi connectivity index (χ1) is 14.4.